The van der Waals surface area contributed by atoms with E-state index >= 15 is 0 Å². The second-order valence-electron chi connectivity index (χ2n) is 4.28. The molecular weight excluding hydrogens is 208 g/mol. The summed E-state index contributed by atoms with van der Waals surface area (Å²) >= 11 is 0. The SMILES string of the molecule is CCC(O)=C(CC)c1cccc(CC)c1CC. The molecule has 0 saturated heterocycles. The predicted octanol–water partition coefficient (Wildman–Crippen LogP) is 4.90. The summed E-state index contributed by atoms with van der Waals surface area (Å²) in [7, 11) is 0. The minimum atomic E-state index is 0.537. The largest absolute Gasteiger partial charge is 0.512 e. The van der Waals surface area contributed by atoms with Crippen LogP contribution in [0, 0.1) is 0 Å². The van der Waals surface area contributed by atoms with Gasteiger partial charge in [-0.1, -0.05) is 45.9 Å². The van der Waals surface area contributed by atoms with E-state index in [4.69, 9.17) is 0 Å². The molecular formula is C16H24O. The number of aliphatic hydroxyl groups is 1. The molecule has 0 bridgehead atoms. The lowest BCUT2D eigenvalue weighted by atomic mass is 9.90. The fourth-order valence-electron chi connectivity index (χ4n) is 2.43. The molecule has 1 N–H and O–H groups in total. The monoisotopic (exact) mass is 232 g/mol. The molecule has 17 heavy (non-hydrogen) atoms. The first-order valence-electron chi connectivity index (χ1n) is 6.71. The quantitative estimate of drug-likeness (QED) is 0.716. The molecule has 0 aromatic heterocycles. The Kier molecular flexibility index (Phi) is 5.27. The van der Waals surface area contributed by atoms with E-state index < -0.39 is 0 Å². The summed E-state index contributed by atoms with van der Waals surface area (Å²) in [4.78, 5) is 0. The fraction of sp³-hybridized carbons (Fsp3) is 0.500. The summed E-state index contributed by atoms with van der Waals surface area (Å²) in [5, 5.41) is 10.0. The Labute approximate surface area is 105 Å². The van der Waals surface area contributed by atoms with Crippen molar-refractivity contribution in [1.29, 1.82) is 0 Å². The molecule has 0 aliphatic heterocycles. The highest BCUT2D eigenvalue weighted by molar-refractivity contribution is 5.70. The molecule has 0 unspecified atom stereocenters. The fourth-order valence-corrected chi connectivity index (χ4v) is 2.43. The number of benzene rings is 1. The number of hydrogen-bond donors (Lipinski definition) is 1. The van der Waals surface area contributed by atoms with E-state index in [1.54, 1.807) is 0 Å². The highest BCUT2D eigenvalue weighted by atomic mass is 16.3. The summed E-state index contributed by atoms with van der Waals surface area (Å²) in [5.41, 5.74) is 5.15. The van der Waals surface area contributed by atoms with Gasteiger partial charge in [0.1, 0.15) is 0 Å². The van der Waals surface area contributed by atoms with Crippen LogP contribution in [0.15, 0.2) is 24.0 Å². The van der Waals surface area contributed by atoms with Crippen LogP contribution in [0.5, 0.6) is 0 Å². The maximum absolute atomic E-state index is 10.0. The second-order valence-corrected chi connectivity index (χ2v) is 4.28. The van der Waals surface area contributed by atoms with Crippen molar-refractivity contribution in [2.24, 2.45) is 0 Å². The van der Waals surface area contributed by atoms with Gasteiger partial charge in [0.05, 0.1) is 5.76 Å². The van der Waals surface area contributed by atoms with E-state index in [9.17, 15) is 5.11 Å². The number of hydrogen-bond acceptors (Lipinski definition) is 1. The molecule has 0 heterocycles. The van der Waals surface area contributed by atoms with E-state index in [2.05, 4.69) is 39.0 Å². The highest BCUT2D eigenvalue weighted by Gasteiger charge is 2.11. The molecule has 0 spiro atoms. The highest BCUT2D eigenvalue weighted by Crippen LogP contribution is 2.28. The van der Waals surface area contributed by atoms with E-state index in [-0.39, 0.29) is 0 Å². The predicted molar refractivity (Wildman–Crippen MR) is 75.3 cm³/mol. The maximum Gasteiger partial charge on any atom is 0.0957 e. The molecule has 1 aromatic rings. The zero-order chi connectivity index (χ0) is 12.8. The average Bonchev–Trinajstić information content (AvgIpc) is 2.38. The van der Waals surface area contributed by atoms with Crippen molar-refractivity contribution in [1.82, 2.24) is 0 Å². The molecule has 0 aliphatic rings. The lowest BCUT2D eigenvalue weighted by molar-refractivity contribution is 0.396. The third-order valence-electron chi connectivity index (χ3n) is 3.37. The zero-order valence-corrected chi connectivity index (χ0v) is 11.5. The molecule has 0 atom stereocenters. The van der Waals surface area contributed by atoms with E-state index in [0.717, 1.165) is 24.8 Å². The lowest BCUT2D eigenvalue weighted by Crippen LogP contribution is -2.00. The first kappa shape index (κ1) is 13.8. The lowest BCUT2D eigenvalue weighted by Gasteiger charge is -2.16. The summed E-state index contributed by atoms with van der Waals surface area (Å²) in [6.07, 6.45) is 3.68. The van der Waals surface area contributed by atoms with Gasteiger partial charge in [0.2, 0.25) is 0 Å². The van der Waals surface area contributed by atoms with Crippen LogP contribution in [-0.2, 0) is 12.8 Å². The molecule has 1 heteroatoms. The van der Waals surface area contributed by atoms with Gasteiger partial charge < -0.3 is 5.11 Å². The maximum atomic E-state index is 10.0. The first-order chi connectivity index (χ1) is 8.19. The van der Waals surface area contributed by atoms with Crippen LogP contribution in [0.1, 0.15) is 57.2 Å². The van der Waals surface area contributed by atoms with E-state index in [1.807, 2.05) is 6.92 Å². The standard InChI is InChI=1S/C16H24O/c1-5-12-10-9-11-15(13(12)6-2)14(7-3)16(17)8-4/h9-11,17H,5-8H2,1-4H3. The van der Waals surface area contributed by atoms with Gasteiger partial charge in [-0.3, -0.25) is 0 Å². The molecule has 94 valence electrons. The minimum Gasteiger partial charge on any atom is -0.512 e. The first-order valence-corrected chi connectivity index (χ1v) is 6.71. The Bertz CT molecular complexity index is 402. The van der Waals surface area contributed by atoms with Crippen molar-refractivity contribution in [3.63, 3.8) is 0 Å². The Morgan fingerprint density at radius 1 is 1.00 bits per heavy atom. The van der Waals surface area contributed by atoms with Crippen molar-refractivity contribution in [3.8, 4) is 0 Å². The van der Waals surface area contributed by atoms with Gasteiger partial charge in [-0.25, -0.2) is 0 Å². The Morgan fingerprint density at radius 2 is 1.71 bits per heavy atom. The number of aliphatic hydroxyl groups excluding tert-OH is 1. The third kappa shape index (κ3) is 2.91. The Hall–Kier alpha value is -1.24. The zero-order valence-electron chi connectivity index (χ0n) is 11.5. The summed E-state index contributed by atoms with van der Waals surface area (Å²) in [5.74, 6) is 0.537. The molecule has 1 rings (SSSR count). The van der Waals surface area contributed by atoms with Gasteiger partial charge >= 0.3 is 0 Å². The topological polar surface area (TPSA) is 20.2 Å². The van der Waals surface area contributed by atoms with Crippen molar-refractivity contribution in [2.75, 3.05) is 0 Å². The van der Waals surface area contributed by atoms with Crippen LogP contribution in [0.2, 0.25) is 0 Å². The van der Waals surface area contributed by atoms with Gasteiger partial charge in [-0.2, -0.15) is 0 Å². The Balaban J connectivity index is 3.39. The normalized spacial score (nSPS) is 12.5. The summed E-state index contributed by atoms with van der Waals surface area (Å²) in [6, 6.07) is 6.44. The Morgan fingerprint density at radius 3 is 2.18 bits per heavy atom. The second kappa shape index (κ2) is 6.48. The van der Waals surface area contributed by atoms with Crippen LogP contribution in [0.3, 0.4) is 0 Å². The van der Waals surface area contributed by atoms with Crippen molar-refractivity contribution in [3.05, 3.63) is 40.6 Å². The van der Waals surface area contributed by atoms with Gasteiger partial charge in [0.15, 0.2) is 0 Å². The van der Waals surface area contributed by atoms with Crippen LogP contribution < -0.4 is 0 Å². The smallest absolute Gasteiger partial charge is 0.0957 e. The average molecular weight is 232 g/mol. The van der Waals surface area contributed by atoms with Crippen LogP contribution >= 0.6 is 0 Å². The number of aryl methyl sites for hydroxylation is 1. The number of rotatable bonds is 5. The van der Waals surface area contributed by atoms with Crippen molar-refractivity contribution >= 4 is 5.57 Å². The number of allylic oxidation sites excluding steroid dienone is 2. The van der Waals surface area contributed by atoms with Gasteiger partial charge in [-0.05, 0) is 41.5 Å². The molecule has 0 amide bonds. The van der Waals surface area contributed by atoms with Gasteiger partial charge in [-0.15, -0.1) is 0 Å². The summed E-state index contributed by atoms with van der Waals surface area (Å²) < 4.78 is 0. The van der Waals surface area contributed by atoms with Gasteiger partial charge in [0, 0.05) is 6.42 Å². The third-order valence-corrected chi connectivity index (χ3v) is 3.37. The molecule has 1 nitrogen and oxygen atoms in total. The molecule has 0 radical (unpaired) electrons. The molecule has 1 aromatic carbocycles. The van der Waals surface area contributed by atoms with Gasteiger partial charge in [0.25, 0.3) is 0 Å². The molecule has 0 fully saturated rings. The van der Waals surface area contributed by atoms with E-state index in [0.29, 0.717) is 12.2 Å². The minimum absolute atomic E-state index is 0.537. The van der Waals surface area contributed by atoms with Crippen LogP contribution in [0.4, 0.5) is 0 Å². The molecule has 0 aliphatic carbocycles. The van der Waals surface area contributed by atoms with Crippen LogP contribution in [-0.4, -0.2) is 5.11 Å². The van der Waals surface area contributed by atoms with Crippen molar-refractivity contribution in [2.45, 2.75) is 53.4 Å². The molecule has 0 saturated carbocycles. The summed E-state index contributed by atoms with van der Waals surface area (Å²) in [6.45, 7) is 8.49. The van der Waals surface area contributed by atoms with Crippen LogP contribution in [0.25, 0.3) is 5.57 Å². The van der Waals surface area contributed by atoms with E-state index in [1.165, 1.54) is 16.7 Å². The van der Waals surface area contributed by atoms with Crippen molar-refractivity contribution < 1.29 is 5.11 Å².